The number of rotatable bonds is 3. The third-order valence-electron chi connectivity index (χ3n) is 1.43. The predicted octanol–water partition coefficient (Wildman–Crippen LogP) is 2.02. The van der Waals surface area contributed by atoms with Crippen molar-refractivity contribution in [2.45, 2.75) is 23.3 Å². The number of hydrogen-bond donors (Lipinski definition) is 0. The van der Waals surface area contributed by atoms with Crippen LogP contribution in [-0.4, -0.2) is 48.8 Å². The average Bonchev–Trinajstić information content (AvgIpc) is 2.14. The average molecular weight is 362 g/mol. The molecule has 0 aliphatic rings. The van der Waals surface area contributed by atoms with Gasteiger partial charge in [0.15, 0.2) is 10.1 Å². The Balaban J connectivity index is 0. The molecule has 14 heteroatoms. The topological polar surface area (TPSA) is 57.2 Å². The lowest BCUT2D eigenvalue weighted by atomic mass is 10.1. The Morgan fingerprint density at radius 3 is 1.20 bits per heavy atom. The Morgan fingerprint density at radius 1 is 0.800 bits per heavy atom. The van der Waals surface area contributed by atoms with E-state index in [4.69, 9.17) is 0 Å². The molecule has 0 radical (unpaired) electrons. The van der Waals surface area contributed by atoms with Crippen molar-refractivity contribution in [3.63, 3.8) is 0 Å². The maximum atomic E-state index is 12.2. The highest BCUT2D eigenvalue weighted by Crippen LogP contribution is 2.54. The van der Waals surface area contributed by atoms with E-state index in [2.05, 4.69) is 12.5 Å². The van der Waals surface area contributed by atoms with Gasteiger partial charge < -0.3 is 4.55 Å². The van der Waals surface area contributed by atoms with Crippen LogP contribution in [0.15, 0.2) is 0 Å². The van der Waals surface area contributed by atoms with Crippen molar-refractivity contribution in [2.75, 3.05) is 12.5 Å². The molecule has 20 heavy (non-hydrogen) atoms. The number of halogens is 9. The standard InChI is InChI=1S/C4HF9O3S.C2H6S/c5-1(6,3(9,10)11)2(7,8)4(12,13)17(14,15)16;1-3-2/h(H,14,15,16);1-2H3. The van der Waals surface area contributed by atoms with Gasteiger partial charge >= 0.3 is 23.3 Å². The highest BCUT2D eigenvalue weighted by molar-refractivity contribution is 7.86. The number of thiol groups is 1. The highest BCUT2D eigenvalue weighted by atomic mass is 32.2. The van der Waals surface area contributed by atoms with Crippen LogP contribution in [0.2, 0.25) is 0 Å². The zero-order valence-electron chi connectivity index (χ0n) is 9.48. The Labute approximate surface area is 111 Å². The van der Waals surface area contributed by atoms with Gasteiger partial charge in [-0.3, -0.25) is 0 Å². The van der Waals surface area contributed by atoms with Gasteiger partial charge in [0.2, 0.25) is 0 Å². The monoisotopic (exact) mass is 362 g/mol. The van der Waals surface area contributed by atoms with Crippen LogP contribution in [0.4, 0.5) is 39.5 Å². The molecule has 0 aromatic rings. The zero-order chi connectivity index (χ0) is 17.2. The van der Waals surface area contributed by atoms with Gasteiger partial charge in [-0.05, 0) is 11.8 Å². The first-order valence-corrected chi connectivity index (χ1v) is 7.25. The Morgan fingerprint density at radius 2 is 1.05 bits per heavy atom. The van der Waals surface area contributed by atoms with Crippen LogP contribution in [0.1, 0.15) is 0 Å². The van der Waals surface area contributed by atoms with Gasteiger partial charge in [0.1, 0.15) is 0 Å². The van der Waals surface area contributed by atoms with Gasteiger partial charge in [0.25, 0.3) is 0 Å². The van der Waals surface area contributed by atoms with Gasteiger partial charge in [0, 0.05) is 0 Å². The van der Waals surface area contributed by atoms with E-state index in [0.717, 1.165) is 0 Å². The first-order chi connectivity index (χ1) is 8.41. The van der Waals surface area contributed by atoms with Crippen LogP contribution in [-0.2, 0) is 21.9 Å². The van der Waals surface area contributed by atoms with Crippen LogP contribution in [0.5, 0.6) is 0 Å². The molecule has 0 aliphatic heterocycles. The molecule has 0 fully saturated rings. The fourth-order valence-corrected chi connectivity index (χ4v) is 0.960. The molecule has 0 aliphatic carbocycles. The molecule has 0 spiro atoms. The van der Waals surface area contributed by atoms with E-state index in [-0.39, 0.29) is 0 Å². The van der Waals surface area contributed by atoms with E-state index < -0.39 is 33.4 Å². The molecule has 3 nitrogen and oxygen atoms in total. The minimum absolute atomic E-state index is 1.42. The molecule has 0 bridgehead atoms. The van der Waals surface area contributed by atoms with E-state index in [1.54, 1.807) is 0 Å². The summed E-state index contributed by atoms with van der Waals surface area (Å²) in [7, 11) is -7.42. The Bertz CT molecular complexity index is 414. The molecule has 124 valence electrons. The molecule has 0 aromatic heterocycles. The first-order valence-electron chi connectivity index (χ1n) is 4.05. The van der Waals surface area contributed by atoms with E-state index in [9.17, 15) is 52.5 Å². The maximum absolute atomic E-state index is 12.2. The molecular formula is C6H7F9O3S2. The molecule has 0 saturated heterocycles. The predicted molar refractivity (Wildman–Crippen MR) is 51.2 cm³/mol. The van der Waals surface area contributed by atoms with E-state index in [1.807, 2.05) is 0 Å². The lowest BCUT2D eigenvalue weighted by Crippen LogP contribution is -2.63. The SMILES string of the molecule is C[SH+]C.O=S(=O)([O-])C(F)(F)C(F)(F)C(F)(F)C(F)(F)F. The lowest BCUT2D eigenvalue weighted by molar-refractivity contribution is -0.382. The summed E-state index contributed by atoms with van der Waals surface area (Å²) < 4.78 is 135. The van der Waals surface area contributed by atoms with Gasteiger partial charge in [-0.15, -0.1) is 0 Å². The quantitative estimate of drug-likeness (QED) is 0.334. The van der Waals surface area contributed by atoms with Crippen molar-refractivity contribution in [2.24, 2.45) is 0 Å². The fraction of sp³-hybridized carbons (Fsp3) is 1.00. The molecule has 0 heterocycles. The Hall–Kier alpha value is -0.370. The smallest absolute Gasteiger partial charge is 0.460 e. The molecular weight excluding hydrogens is 355 g/mol. The van der Waals surface area contributed by atoms with Crippen LogP contribution < -0.4 is 0 Å². The van der Waals surface area contributed by atoms with Crippen LogP contribution in [0.25, 0.3) is 0 Å². The normalized spacial score (nSPS) is 14.6. The molecule has 0 amide bonds. The molecule has 0 rings (SSSR count). The summed E-state index contributed by atoms with van der Waals surface area (Å²) in [6.07, 6.45) is -2.97. The van der Waals surface area contributed by atoms with Crippen LogP contribution in [0.3, 0.4) is 0 Å². The summed E-state index contributed by atoms with van der Waals surface area (Å²) in [6.45, 7) is 0. The Kier molecular flexibility index (Phi) is 6.76. The van der Waals surface area contributed by atoms with Crippen molar-refractivity contribution in [1.82, 2.24) is 0 Å². The third-order valence-corrected chi connectivity index (χ3v) is 2.31. The maximum Gasteiger partial charge on any atom is 0.460 e. The number of hydrogen-bond acceptors (Lipinski definition) is 3. The second-order valence-corrected chi connectivity index (χ2v) is 5.38. The van der Waals surface area contributed by atoms with Gasteiger partial charge in [-0.25, -0.2) is 8.42 Å². The van der Waals surface area contributed by atoms with Crippen molar-refractivity contribution >= 4 is 21.9 Å². The summed E-state index contributed by atoms with van der Waals surface area (Å²) in [4.78, 5) is 0. The minimum atomic E-state index is -7.43. The molecule has 0 aromatic carbocycles. The highest BCUT2D eigenvalue weighted by Gasteiger charge is 2.83. The van der Waals surface area contributed by atoms with E-state index in [0.29, 0.717) is 0 Å². The fourth-order valence-electron chi connectivity index (χ4n) is 0.518. The largest absolute Gasteiger partial charge is 0.743 e. The molecule has 0 N–H and O–H groups in total. The zero-order valence-corrected chi connectivity index (χ0v) is 11.2. The summed E-state index contributed by atoms with van der Waals surface area (Å²) >= 11 is 1.42. The summed E-state index contributed by atoms with van der Waals surface area (Å²) in [6, 6.07) is 0. The van der Waals surface area contributed by atoms with E-state index in [1.165, 1.54) is 11.8 Å². The van der Waals surface area contributed by atoms with Crippen molar-refractivity contribution in [3.8, 4) is 0 Å². The summed E-state index contributed by atoms with van der Waals surface area (Å²) in [5, 5.41) is -7.11. The van der Waals surface area contributed by atoms with Gasteiger partial charge in [-0.1, -0.05) is 0 Å². The van der Waals surface area contributed by atoms with Crippen molar-refractivity contribution in [3.05, 3.63) is 0 Å². The van der Waals surface area contributed by atoms with Gasteiger partial charge in [-0.2, -0.15) is 39.5 Å². The van der Waals surface area contributed by atoms with Crippen molar-refractivity contribution in [1.29, 1.82) is 0 Å². The molecule has 0 atom stereocenters. The van der Waals surface area contributed by atoms with Crippen LogP contribution in [0, 0.1) is 0 Å². The van der Waals surface area contributed by atoms with E-state index >= 15 is 0 Å². The summed E-state index contributed by atoms with van der Waals surface area (Å²) in [5.41, 5.74) is 0. The molecule has 0 saturated carbocycles. The third kappa shape index (κ3) is 3.84. The van der Waals surface area contributed by atoms with Gasteiger partial charge in [0.05, 0.1) is 12.5 Å². The second kappa shape index (κ2) is 6.17. The minimum Gasteiger partial charge on any atom is -0.743 e. The van der Waals surface area contributed by atoms with Crippen LogP contribution >= 0.6 is 0 Å². The lowest BCUT2D eigenvalue weighted by Gasteiger charge is -2.34. The first kappa shape index (κ1) is 21.9. The molecule has 0 unspecified atom stereocenters. The van der Waals surface area contributed by atoms with Crippen molar-refractivity contribution < 1.29 is 52.5 Å². The number of alkyl halides is 9. The second-order valence-electron chi connectivity index (χ2n) is 3.06. The summed E-state index contributed by atoms with van der Waals surface area (Å²) in [5.74, 6) is -14.8.